The summed E-state index contributed by atoms with van der Waals surface area (Å²) < 4.78 is 0. The van der Waals surface area contributed by atoms with Gasteiger partial charge in [0.1, 0.15) is 11.8 Å². The first kappa shape index (κ1) is 24.9. The monoisotopic (exact) mass is 538 g/mol. The van der Waals surface area contributed by atoms with Gasteiger partial charge in [-0.15, -0.1) is 0 Å². The second kappa shape index (κ2) is 10.8. The van der Waals surface area contributed by atoms with Crippen LogP contribution in [0, 0.1) is 11.3 Å². The molecule has 0 fully saturated rings. The number of rotatable bonds is 5. The van der Waals surface area contributed by atoms with Crippen LogP contribution in [0.15, 0.2) is 134 Å². The number of benzene rings is 5. The maximum atomic E-state index is 9.31. The van der Waals surface area contributed by atoms with Crippen LogP contribution in [0.5, 0.6) is 0 Å². The largest absolute Gasteiger partial charge is 0.236 e. The van der Waals surface area contributed by atoms with E-state index in [0.717, 1.165) is 44.2 Å². The van der Waals surface area contributed by atoms with Gasteiger partial charge in [0.05, 0.1) is 0 Å². The zero-order valence-electron chi connectivity index (χ0n) is 22.4. The molecule has 0 spiro atoms. The summed E-state index contributed by atoms with van der Waals surface area (Å²) in [5.74, 6) is 2.41. The van der Waals surface area contributed by atoms with Crippen molar-refractivity contribution in [3.63, 3.8) is 0 Å². The van der Waals surface area contributed by atoms with E-state index in [0.29, 0.717) is 29.0 Å². The highest BCUT2D eigenvalue weighted by molar-refractivity contribution is 6.04. The molecule has 0 amide bonds. The van der Waals surface area contributed by atoms with Gasteiger partial charge in [0.15, 0.2) is 23.3 Å². The molecule has 42 heavy (non-hydrogen) atoms. The Bertz CT molecular complexity index is 2030. The summed E-state index contributed by atoms with van der Waals surface area (Å²) in [6.07, 6.45) is 1.62. The van der Waals surface area contributed by atoms with E-state index < -0.39 is 0 Å². The molecule has 5 aromatic carbocycles. The standard InChI is InChI=1S/C36H22N6/c37-23-28-21-22-38-36(39-28)32-20-19-29(30-13-7-8-14-31(30)32)24-15-17-27(18-16-24)35-41-33(25-9-3-1-4-10-25)40-34(42-35)26-11-5-2-6-12-26/h1-22H. The highest BCUT2D eigenvalue weighted by Gasteiger charge is 2.14. The number of hydrogen-bond acceptors (Lipinski definition) is 6. The number of hydrogen-bond donors (Lipinski definition) is 0. The second-order valence-corrected chi connectivity index (χ2v) is 9.70. The van der Waals surface area contributed by atoms with Crippen molar-refractivity contribution in [2.75, 3.05) is 0 Å². The number of fused-ring (bicyclic) bond motifs is 1. The van der Waals surface area contributed by atoms with Gasteiger partial charge in [0, 0.05) is 28.5 Å². The Balaban J connectivity index is 1.30. The highest BCUT2D eigenvalue weighted by atomic mass is 15.0. The normalized spacial score (nSPS) is 10.8. The van der Waals surface area contributed by atoms with E-state index >= 15 is 0 Å². The summed E-state index contributed by atoms with van der Waals surface area (Å²) in [7, 11) is 0. The Labute approximate surface area is 242 Å². The van der Waals surface area contributed by atoms with Gasteiger partial charge in [0.2, 0.25) is 0 Å². The Morgan fingerprint density at radius 2 is 0.881 bits per heavy atom. The molecular formula is C36H22N6. The highest BCUT2D eigenvalue weighted by Crippen LogP contribution is 2.35. The van der Waals surface area contributed by atoms with Crippen molar-refractivity contribution in [3.05, 3.63) is 139 Å². The zero-order chi connectivity index (χ0) is 28.3. The average molecular weight is 539 g/mol. The van der Waals surface area contributed by atoms with Crippen molar-refractivity contribution >= 4 is 10.8 Å². The maximum Gasteiger partial charge on any atom is 0.164 e. The van der Waals surface area contributed by atoms with Gasteiger partial charge in [-0.2, -0.15) is 5.26 Å². The first-order valence-corrected chi connectivity index (χ1v) is 13.5. The molecule has 0 saturated heterocycles. The van der Waals surface area contributed by atoms with Crippen molar-refractivity contribution in [2.45, 2.75) is 0 Å². The van der Waals surface area contributed by atoms with Crippen LogP contribution >= 0.6 is 0 Å². The first-order valence-electron chi connectivity index (χ1n) is 13.5. The van der Waals surface area contributed by atoms with E-state index in [-0.39, 0.29) is 0 Å². The van der Waals surface area contributed by atoms with Crippen LogP contribution < -0.4 is 0 Å². The smallest absolute Gasteiger partial charge is 0.164 e. The average Bonchev–Trinajstić information content (AvgIpc) is 3.08. The fourth-order valence-electron chi connectivity index (χ4n) is 5.03. The lowest BCUT2D eigenvalue weighted by Crippen LogP contribution is -2.00. The van der Waals surface area contributed by atoms with Crippen LogP contribution in [0.1, 0.15) is 5.69 Å². The fraction of sp³-hybridized carbons (Fsp3) is 0. The van der Waals surface area contributed by atoms with E-state index in [9.17, 15) is 5.26 Å². The molecule has 0 aliphatic heterocycles. The van der Waals surface area contributed by atoms with Crippen LogP contribution in [0.25, 0.3) is 67.5 Å². The number of aromatic nitrogens is 5. The molecule has 0 unspecified atom stereocenters. The van der Waals surface area contributed by atoms with Crippen molar-refractivity contribution in [3.8, 4) is 62.7 Å². The molecule has 0 bridgehead atoms. The quantitative estimate of drug-likeness (QED) is 0.220. The summed E-state index contributed by atoms with van der Waals surface area (Å²) in [5.41, 5.74) is 6.15. The summed E-state index contributed by atoms with van der Waals surface area (Å²) >= 11 is 0. The molecule has 6 nitrogen and oxygen atoms in total. The lowest BCUT2D eigenvalue weighted by molar-refractivity contribution is 1.07. The third kappa shape index (κ3) is 4.76. The minimum atomic E-state index is 0.341. The molecule has 7 rings (SSSR count). The lowest BCUT2D eigenvalue weighted by Gasteiger charge is -2.12. The Hall–Kier alpha value is -6.06. The molecule has 0 saturated carbocycles. The Kier molecular flexibility index (Phi) is 6.44. The predicted molar refractivity (Wildman–Crippen MR) is 165 cm³/mol. The van der Waals surface area contributed by atoms with E-state index in [1.807, 2.05) is 78.9 Å². The van der Waals surface area contributed by atoms with E-state index in [4.69, 9.17) is 15.0 Å². The Morgan fingerprint density at radius 3 is 1.45 bits per heavy atom. The summed E-state index contributed by atoms with van der Waals surface area (Å²) in [4.78, 5) is 23.4. The molecule has 6 heteroatoms. The minimum absolute atomic E-state index is 0.341. The molecule has 196 valence electrons. The van der Waals surface area contributed by atoms with E-state index in [1.54, 1.807) is 12.3 Å². The first-order chi connectivity index (χ1) is 20.8. The molecule has 0 aliphatic rings. The molecule has 0 radical (unpaired) electrons. The van der Waals surface area contributed by atoms with Crippen molar-refractivity contribution < 1.29 is 0 Å². The van der Waals surface area contributed by atoms with Gasteiger partial charge < -0.3 is 0 Å². The predicted octanol–water partition coefficient (Wildman–Crippen LogP) is 8.02. The number of nitrogens with zero attached hydrogens (tertiary/aromatic N) is 6. The summed E-state index contributed by atoms with van der Waals surface area (Å²) in [5, 5.41) is 11.4. The van der Waals surface area contributed by atoms with Gasteiger partial charge in [-0.05, 0) is 34.0 Å². The molecular weight excluding hydrogens is 516 g/mol. The molecule has 2 heterocycles. The van der Waals surface area contributed by atoms with Crippen LogP contribution in [0.4, 0.5) is 0 Å². The van der Waals surface area contributed by atoms with Crippen molar-refractivity contribution in [1.29, 1.82) is 5.26 Å². The second-order valence-electron chi connectivity index (χ2n) is 9.70. The van der Waals surface area contributed by atoms with Crippen molar-refractivity contribution in [1.82, 2.24) is 24.9 Å². The van der Waals surface area contributed by atoms with Gasteiger partial charge in [-0.1, -0.05) is 115 Å². The Morgan fingerprint density at radius 1 is 0.405 bits per heavy atom. The van der Waals surface area contributed by atoms with Gasteiger partial charge in [-0.3, -0.25) is 0 Å². The van der Waals surface area contributed by atoms with Crippen LogP contribution in [-0.2, 0) is 0 Å². The molecule has 0 aliphatic carbocycles. The van der Waals surface area contributed by atoms with Crippen LogP contribution in [0.3, 0.4) is 0 Å². The topological polar surface area (TPSA) is 88.2 Å². The third-order valence-corrected chi connectivity index (χ3v) is 7.09. The van der Waals surface area contributed by atoms with Gasteiger partial charge in [-0.25, -0.2) is 24.9 Å². The summed E-state index contributed by atoms with van der Waals surface area (Å²) in [6, 6.07) is 44.2. The van der Waals surface area contributed by atoms with Crippen LogP contribution in [0.2, 0.25) is 0 Å². The molecule has 0 N–H and O–H groups in total. The van der Waals surface area contributed by atoms with Gasteiger partial charge in [0.25, 0.3) is 0 Å². The van der Waals surface area contributed by atoms with E-state index in [2.05, 4.69) is 58.5 Å². The third-order valence-electron chi connectivity index (χ3n) is 7.09. The minimum Gasteiger partial charge on any atom is -0.236 e. The SMILES string of the molecule is N#Cc1ccnc(-c2ccc(-c3ccc(-c4nc(-c5ccccc5)nc(-c5ccccc5)n4)cc3)c3ccccc23)n1. The van der Waals surface area contributed by atoms with Crippen LogP contribution in [-0.4, -0.2) is 24.9 Å². The number of nitriles is 1. The van der Waals surface area contributed by atoms with Crippen molar-refractivity contribution in [2.24, 2.45) is 0 Å². The molecule has 0 atom stereocenters. The maximum absolute atomic E-state index is 9.31. The lowest BCUT2D eigenvalue weighted by atomic mass is 9.94. The zero-order valence-corrected chi connectivity index (χ0v) is 22.4. The molecule has 7 aromatic rings. The summed E-state index contributed by atoms with van der Waals surface area (Å²) in [6.45, 7) is 0. The fourth-order valence-corrected chi connectivity index (χ4v) is 5.03. The van der Waals surface area contributed by atoms with Gasteiger partial charge >= 0.3 is 0 Å². The molecule has 2 aromatic heterocycles. The van der Waals surface area contributed by atoms with E-state index in [1.165, 1.54) is 0 Å².